The average Bonchev–Trinajstić information content (AvgIpc) is 3.42. The summed E-state index contributed by atoms with van der Waals surface area (Å²) in [5, 5.41) is 2.27. The number of ether oxygens (including phenoxy) is 2. The highest BCUT2D eigenvalue weighted by molar-refractivity contribution is 5.95. The first kappa shape index (κ1) is 21.5. The van der Waals surface area contributed by atoms with Gasteiger partial charge in [-0.15, -0.1) is 0 Å². The van der Waals surface area contributed by atoms with Crippen LogP contribution in [0, 0.1) is 0 Å². The lowest BCUT2D eigenvalue weighted by molar-refractivity contribution is -0.142. The van der Waals surface area contributed by atoms with Gasteiger partial charge in [0.15, 0.2) is 0 Å². The van der Waals surface area contributed by atoms with Crippen LogP contribution < -0.4 is 4.74 Å². The van der Waals surface area contributed by atoms with Gasteiger partial charge in [0.25, 0.3) is 11.8 Å². The Morgan fingerprint density at radius 3 is 2.21 bits per heavy atom. The fourth-order valence-electron chi connectivity index (χ4n) is 4.62. The van der Waals surface area contributed by atoms with E-state index >= 15 is 0 Å². The molecule has 0 radical (unpaired) electrons. The van der Waals surface area contributed by atoms with E-state index < -0.39 is 0 Å². The minimum Gasteiger partial charge on any atom is -0.497 e. The molecule has 0 bridgehead atoms. The minimum absolute atomic E-state index is 0.0105. The van der Waals surface area contributed by atoms with E-state index in [0.717, 1.165) is 40.5 Å². The van der Waals surface area contributed by atoms with Crippen molar-refractivity contribution in [1.82, 2.24) is 9.80 Å². The number of methoxy groups -OCH3 is 1. The molecular formula is C27H28N2O4. The van der Waals surface area contributed by atoms with Crippen molar-refractivity contribution in [3.8, 4) is 16.9 Å². The molecule has 2 aliphatic rings. The maximum atomic E-state index is 13.0. The van der Waals surface area contributed by atoms with Gasteiger partial charge in [-0.05, 0) is 65.1 Å². The number of benzene rings is 3. The van der Waals surface area contributed by atoms with E-state index in [1.165, 1.54) is 0 Å². The number of hydrogen-bond acceptors (Lipinski definition) is 4. The van der Waals surface area contributed by atoms with Crippen molar-refractivity contribution in [2.24, 2.45) is 0 Å². The third kappa shape index (κ3) is 4.44. The molecule has 2 saturated heterocycles. The SMILES string of the molecule is COc1ccc2cc(-c3ccc(C(=O)N4CCN(C(=O)C5CCCO5)CC4)cc3)ccc2c1. The van der Waals surface area contributed by atoms with Crippen molar-refractivity contribution >= 4 is 22.6 Å². The molecular weight excluding hydrogens is 416 g/mol. The van der Waals surface area contributed by atoms with Crippen LogP contribution in [0.1, 0.15) is 23.2 Å². The highest BCUT2D eigenvalue weighted by Crippen LogP contribution is 2.27. The second-order valence-corrected chi connectivity index (χ2v) is 8.62. The van der Waals surface area contributed by atoms with E-state index in [-0.39, 0.29) is 17.9 Å². The Kier molecular flexibility index (Phi) is 6.01. The van der Waals surface area contributed by atoms with E-state index in [4.69, 9.17) is 9.47 Å². The number of fused-ring (bicyclic) bond motifs is 1. The van der Waals surface area contributed by atoms with E-state index in [0.29, 0.717) is 38.3 Å². The third-order valence-corrected chi connectivity index (χ3v) is 6.60. The van der Waals surface area contributed by atoms with Gasteiger partial charge in [0.1, 0.15) is 11.9 Å². The summed E-state index contributed by atoms with van der Waals surface area (Å²) in [6.45, 7) is 2.88. The van der Waals surface area contributed by atoms with E-state index in [2.05, 4.69) is 24.3 Å². The van der Waals surface area contributed by atoms with Crippen LogP contribution >= 0.6 is 0 Å². The standard InChI is InChI=1S/C27H28N2O4/c1-32-24-11-10-22-17-21(8-9-23(22)18-24)19-4-6-20(7-5-19)26(30)28-12-14-29(15-13-28)27(31)25-3-2-16-33-25/h4-11,17-18,25H,2-3,12-16H2,1H3. The summed E-state index contributed by atoms with van der Waals surface area (Å²) < 4.78 is 10.8. The van der Waals surface area contributed by atoms with Crippen LogP contribution in [-0.4, -0.2) is 67.6 Å². The smallest absolute Gasteiger partial charge is 0.253 e. The highest BCUT2D eigenvalue weighted by Gasteiger charge is 2.31. The van der Waals surface area contributed by atoms with Gasteiger partial charge in [0.05, 0.1) is 7.11 Å². The fraction of sp³-hybridized carbons (Fsp3) is 0.333. The van der Waals surface area contributed by atoms with Crippen molar-refractivity contribution in [3.05, 3.63) is 66.2 Å². The molecule has 0 aliphatic carbocycles. The molecule has 0 N–H and O–H groups in total. The predicted molar refractivity (Wildman–Crippen MR) is 127 cm³/mol. The summed E-state index contributed by atoms with van der Waals surface area (Å²) in [4.78, 5) is 29.2. The number of carbonyl (C=O) groups excluding carboxylic acids is 2. The molecule has 33 heavy (non-hydrogen) atoms. The molecule has 1 atom stereocenters. The summed E-state index contributed by atoms with van der Waals surface area (Å²) in [6.07, 6.45) is 1.45. The molecule has 3 aromatic carbocycles. The molecule has 2 fully saturated rings. The van der Waals surface area contributed by atoms with Crippen molar-refractivity contribution in [2.45, 2.75) is 18.9 Å². The van der Waals surface area contributed by atoms with E-state index in [1.807, 2.05) is 46.2 Å². The van der Waals surface area contributed by atoms with Gasteiger partial charge in [0.2, 0.25) is 0 Å². The Balaban J connectivity index is 1.23. The topological polar surface area (TPSA) is 59.1 Å². The number of piperazine rings is 1. The molecule has 0 spiro atoms. The lowest BCUT2D eigenvalue weighted by Crippen LogP contribution is -2.52. The Morgan fingerprint density at radius 2 is 1.52 bits per heavy atom. The summed E-state index contributed by atoms with van der Waals surface area (Å²) in [5.74, 6) is 0.921. The summed E-state index contributed by atoms with van der Waals surface area (Å²) in [7, 11) is 1.67. The van der Waals surface area contributed by atoms with E-state index in [9.17, 15) is 9.59 Å². The van der Waals surface area contributed by atoms with Gasteiger partial charge in [-0.3, -0.25) is 9.59 Å². The van der Waals surface area contributed by atoms with Crippen LogP contribution in [0.15, 0.2) is 60.7 Å². The maximum absolute atomic E-state index is 13.0. The average molecular weight is 445 g/mol. The lowest BCUT2D eigenvalue weighted by atomic mass is 10.00. The maximum Gasteiger partial charge on any atom is 0.253 e. The molecule has 2 amide bonds. The molecule has 3 aromatic rings. The van der Waals surface area contributed by atoms with Crippen LogP contribution in [-0.2, 0) is 9.53 Å². The van der Waals surface area contributed by atoms with Gasteiger partial charge in [-0.25, -0.2) is 0 Å². The lowest BCUT2D eigenvalue weighted by Gasteiger charge is -2.35. The Hall–Kier alpha value is -3.38. The zero-order chi connectivity index (χ0) is 22.8. The van der Waals surface area contributed by atoms with Crippen molar-refractivity contribution in [3.63, 3.8) is 0 Å². The first-order valence-electron chi connectivity index (χ1n) is 11.5. The fourth-order valence-corrected chi connectivity index (χ4v) is 4.62. The number of hydrogen-bond donors (Lipinski definition) is 0. The first-order valence-corrected chi connectivity index (χ1v) is 11.5. The van der Waals surface area contributed by atoms with E-state index in [1.54, 1.807) is 7.11 Å². The molecule has 6 heteroatoms. The van der Waals surface area contributed by atoms with Gasteiger partial charge < -0.3 is 19.3 Å². The monoisotopic (exact) mass is 444 g/mol. The molecule has 5 rings (SSSR count). The Labute approximate surface area is 193 Å². The largest absolute Gasteiger partial charge is 0.497 e. The van der Waals surface area contributed by atoms with Gasteiger partial charge in [0, 0.05) is 38.3 Å². The first-order chi connectivity index (χ1) is 16.1. The van der Waals surface area contributed by atoms with Crippen LogP contribution in [0.5, 0.6) is 5.75 Å². The quantitative estimate of drug-likeness (QED) is 0.611. The Bertz CT molecular complexity index is 1160. The van der Waals surface area contributed by atoms with Crippen molar-refractivity contribution in [1.29, 1.82) is 0 Å². The third-order valence-electron chi connectivity index (χ3n) is 6.60. The molecule has 0 aromatic heterocycles. The van der Waals surface area contributed by atoms with Gasteiger partial charge in [-0.2, -0.15) is 0 Å². The number of amides is 2. The number of nitrogens with zero attached hydrogens (tertiary/aromatic N) is 2. The number of rotatable bonds is 4. The summed E-state index contributed by atoms with van der Waals surface area (Å²) in [5.41, 5.74) is 2.84. The minimum atomic E-state index is -0.295. The second-order valence-electron chi connectivity index (χ2n) is 8.62. The summed E-state index contributed by atoms with van der Waals surface area (Å²) >= 11 is 0. The molecule has 170 valence electrons. The van der Waals surface area contributed by atoms with Crippen LogP contribution in [0.4, 0.5) is 0 Å². The highest BCUT2D eigenvalue weighted by atomic mass is 16.5. The number of carbonyl (C=O) groups is 2. The van der Waals surface area contributed by atoms with Gasteiger partial charge in [-0.1, -0.05) is 30.3 Å². The normalized spacial score (nSPS) is 18.5. The van der Waals surface area contributed by atoms with Crippen LogP contribution in [0.2, 0.25) is 0 Å². The molecule has 1 unspecified atom stereocenters. The van der Waals surface area contributed by atoms with Crippen molar-refractivity contribution < 1.29 is 19.1 Å². The molecule has 0 saturated carbocycles. The second kappa shape index (κ2) is 9.24. The van der Waals surface area contributed by atoms with Crippen LogP contribution in [0.3, 0.4) is 0 Å². The predicted octanol–water partition coefficient (Wildman–Crippen LogP) is 3.98. The van der Waals surface area contributed by atoms with Gasteiger partial charge >= 0.3 is 0 Å². The zero-order valence-corrected chi connectivity index (χ0v) is 18.8. The molecule has 2 aliphatic heterocycles. The molecule has 6 nitrogen and oxygen atoms in total. The summed E-state index contributed by atoms with van der Waals surface area (Å²) in [6, 6.07) is 20.1. The zero-order valence-electron chi connectivity index (χ0n) is 18.8. The van der Waals surface area contributed by atoms with Crippen molar-refractivity contribution in [2.75, 3.05) is 39.9 Å². The Morgan fingerprint density at radius 1 is 0.848 bits per heavy atom. The molecule has 2 heterocycles. The van der Waals surface area contributed by atoms with Crippen LogP contribution in [0.25, 0.3) is 21.9 Å².